The quantitative estimate of drug-likeness (QED) is 0.853. The zero-order valence-corrected chi connectivity index (χ0v) is 11.6. The summed E-state index contributed by atoms with van der Waals surface area (Å²) >= 11 is 5.83. The van der Waals surface area contributed by atoms with Gasteiger partial charge >= 0.3 is 0 Å². The summed E-state index contributed by atoms with van der Waals surface area (Å²) in [6, 6.07) is 6.99. The van der Waals surface area contributed by atoms with Crippen molar-refractivity contribution < 1.29 is 9.21 Å². The van der Waals surface area contributed by atoms with Gasteiger partial charge in [0.05, 0.1) is 0 Å². The lowest BCUT2D eigenvalue weighted by atomic mass is 9.96. The largest absolute Gasteiger partial charge is 0.428 e. The molecule has 0 atom stereocenters. The average molecular weight is 292 g/mol. The van der Waals surface area contributed by atoms with E-state index in [9.17, 15) is 4.79 Å². The van der Waals surface area contributed by atoms with Gasteiger partial charge in [-0.2, -0.15) is 0 Å². The zero-order chi connectivity index (χ0) is 13.9. The van der Waals surface area contributed by atoms with Crippen molar-refractivity contribution in [3.63, 3.8) is 0 Å². The molecule has 0 saturated carbocycles. The van der Waals surface area contributed by atoms with E-state index in [1.165, 1.54) is 6.39 Å². The van der Waals surface area contributed by atoms with Gasteiger partial charge in [-0.25, -0.2) is 0 Å². The van der Waals surface area contributed by atoms with Gasteiger partial charge in [-0.15, -0.1) is 10.2 Å². The van der Waals surface area contributed by atoms with Gasteiger partial charge in [-0.1, -0.05) is 11.6 Å². The van der Waals surface area contributed by atoms with E-state index in [2.05, 4.69) is 10.2 Å². The highest BCUT2D eigenvalue weighted by Gasteiger charge is 2.27. The summed E-state index contributed by atoms with van der Waals surface area (Å²) in [4.78, 5) is 14.2. The van der Waals surface area contributed by atoms with E-state index >= 15 is 0 Å². The molecule has 1 saturated heterocycles. The van der Waals surface area contributed by atoms with Crippen LogP contribution in [0.25, 0.3) is 0 Å². The molecule has 1 aliphatic heterocycles. The van der Waals surface area contributed by atoms with Gasteiger partial charge in [0.15, 0.2) is 0 Å². The predicted molar refractivity (Wildman–Crippen MR) is 73.6 cm³/mol. The lowest BCUT2D eigenvalue weighted by molar-refractivity contribution is 0.0706. The Balaban J connectivity index is 1.63. The average Bonchev–Trinajstić information content (AvgIpc) is 3.02. The van der Waals surface area contributed by atoms with Crippen LogP contribution in [0.15, 0.2) is 35.1 Å². The Kier molecular flexibility index (Phi) is 3.69. The molecule has 1 aromatic heterocycles. The summed E-state index contributed by atoms with van der Waals surface area (Å²) in [7, 11) is 0. The number of carbonyl (C=O) groups is 1. The highest BCUT2D eigenvalue weighted by molar-refractivity contribution is 6.30. The van der Waals surface area contributed by atoms with Crippen molar-refractivity contribution in [3.8, 4) is 0 Å². The number of nitrogens with zero attached hydrogens (tertiary/aromatic N) is 3. The molecule has 1 fully saturated rings. The first-order valence-corrected chi connectivity index (χ1v) is 6.93. The Morgan fingerprint density at radius 1 is 1.25 bits per heavy atom. The van der Waals surface area contributed by atoms with Crippen LogP contribution >= 0.6 is 11.6 Å². The summed E-state index contributed by atoms with van der Waals surface area (Å²) in [6.07, 6.45) is 3.05. The molecule has 104 valence electrons. The van der Waals surface area contributed by atoms with Crippen LogP contribution in [-0.2, 0) is 0 Å². The van der Waals surface area contributed by atoms with Crippen molar-refractivity contribution in [2.45, 2.75) is 18.8 Å². The molecule has 0 radical (unpaired) electrons. The molecule has 0 aliphatic carbocycles. The number of aromatic nitrogens is 2. The Morgan fingerprint density at radius 3 is 2.55 bits per heavy atom. The van der Waals surface area contributed by atoms with Crippen LogP contribution in [0.5, 0.6) is 0 Å². The SMILES string of the molecule is O=C(c1ccc(Cl)cc1)N1CCC(c2nnco2)CC1. The monoisotopic (exact) mass is 291 g/mol. The summed E-state index contributed by atoms with van der Waals surface area (Å²) in [5.41, 5.74) is 0.672. The van der Waals surface area contributed by atoms with Gasteiger partial charge in [0.25, 0.3) is 5.91 Å². The Labute approximate surface area is 121 Å². The number of halogens is 1. The normalized spacial score (nSPS) is 16.4. The maximum atomic E-state index is 12.3. The van der Waals surface area contributed by atoms with Crippen LogP contribution in [0, 0.1) is 0 Å². The second-order valence-corrected chi connectivity index (χ2v) is 5.29. The standard InChI is InChI=1S/C14H14ClN3O2/c15-12-3-1-11(2-4-12)14(19)18-7-5-10(6-8-18)13-17-16-9-20-13/h1-4,9-10H,5-8H2. The Hall–Kier alpha value is -1.88. The van der Waals surface area contributed by atoms with Gasteiger partial charge in [-0.3, -0.25) is 4.79 Å². The fourth-order valence-corrected chi connectivity index (χ4v) is 2.59. The fourth-order valence-electron chi connectivity index (χ4n) is 2.46. The third-order valence-electron chi connectivity index (χ3n) is 3.60. The number of hydrogen-bond donors (Lipinski definition) is 0. The van der Waals surface area contributed by atoms with E-state index in [1.54, 1.807) is 24.3 Å². The third-order valence-corrected chi connectivity index (χ3v) is 3.85. The molecule has 5 nitrogen and oxygen atoms in total. The van der Waals surface area contributed by atoms with Gasteiger partial charge in [-0.05, 0) is 37.1 Å². The fraction of sp³-hybridized carbons (Fsp3) is 0.357. The molecule has 20 heavy (non-hydrogen) atoms. The lowest BCUT2D eigenvalue weighted by Gasteiger charge is -2.30. The minimum atomic E-state index is 0.0469. The van der Waals surface area contributed by atoms with Crippen molar-refractivity contribution in [3.05, 3.63) is 47.1 Å². The zero-order valence-electron chi connectivity index (χ0n) is 10.8. The maximum Gasteiger partial charge on any atom is 0.253 e. The van der Waals surface area contributed by atoms with Crippen LogP contribution in [-0.4, -0.2) is 34.1 Å². The predicted octanol–water partition coefficient (Wildman–Crippen LogP) is 2.74. The van der Waals surface area contributed by atoms with Crippen LogP contribution in [0.4, 0.5) is 0 Å². The molecule has 2 heterocycles. The molecule has 1 aliphatic rings. The number of carbonyl (C=O) groups excluding carboxylic acids is 1. The maximum absolute atomic E-state index is 12.3. The topological polar surface area (TPSA) is 59.2 Å². The summed E-state index contributed by atoms with van der Waals surface area (Å²) in [5, 5.41) is 8.28. The minimum absolute atomic E-state index is 0.0469. The first-order valence-electron chi connectivity index (χ1n) is 6.55. The number of amides is 1. The van der Waals surface area contributed by atoms with Crippen LogP contribution in [0.1, 0.15) is 35.0 Å². The molecule has 0 bridgehead atoms. The second-order valence-electron chi connectivity index (χ2n) is 4.85. The molecule has 6 heteroatoms. The number of benzene rings is 1. The molecular formula is C14H14ClN3O2. The van der Waals surface area contributed by atoms with Gasteiger partial charge in [0.2, 0.25) is 12.3 Å². The molecule has 2 aromatic rings. The van der Waals surface area contributed by atoms with E-state index in [4.69, 9.17) is 16.0 Å². The molecule has 1 amide bonds. The lowest BCUT2D eigenvalue weighted by Crippen LogP contribution is -2.37. The van der Waals surface area contributed by atoms with Crippen LogP contribution in [0.3, 0.4) is 0 Å². The number of likely N-dealkylation sites (tertiary alicyclic amines) is 1. The first kappa shape index (κ1) is 13.1. The molecule has 0 unspecified atom stereocenters. The smallest absolute Gasteiger partial charge is 0.253 e. The van der Waals surface area contributed by atoms with Crippen LogP contribution in [0.2, 0.25) is 5.02 Å². The van der Waals surface area contributed by atoms with Crippen LogP contribution < -0.4 is 0 Å². The molecule has 0 spiro atoms. The second kappa shape index (κ2) is 5.63. The highest BCUT2D eigenvalue weighted by atomic mass is 35.5. The van der Waals surface area contributed by atoms with E-state index in [0.29, 0.717) is 29.6 Å². The van der Waals surface area contributed by atoms with Crippen molar-refractivity contribution >= 4 is 17.5 Å². The summed E-state index contributed by atoms with van der Waals surface area (Å²) in [5.74, 6) is 0.973. The molecule has 1 aromatic carbocycles. The molecular weight excluding hydrogens is 278 g/mol. The summed E-state index contributed by atoms with van der Waals surface area (Å²) < 4.78 is 5.23. The van der Waals surface area contributed by atoms with Crippen molar-refractivity contribution in [1.82, 2.24) is 15.1 Å². The first-order chi connectivity index (χ1) is 9.74. The van der Waals surface area contributed by atoms with E-state index in [0.717, 1.165) is 12.8 Å². The molecule has 3 rings (SSSR count). The number of rotatable bonds is 2. The Morgan fingerprint density at radius 2 is 1.95 bits per heavy atom. The third kappa shape index (κ3) is 2.67. The Bertz CT molecular complexity index is 575. The highest BCUT2D eigenvalue weighted by Crippen LogP contribution is 2.27. The summed E-state index contributed by atoms with van der Waals surface area (Å²) in [6.45, 7) is 1.41. The minimum Gasteiger partial charge on any atom is -0.428 e. The van der Waals surface area contributed by atoms with Gasteiger partial charge in [0.1, 0.15) is 0 Å². The van der Waals surface area contributed by atoms with Gasteiger partial charge < -0.3 is 9.32 Å². The van der Waals surface area contributed by atoms with E-state index in [-0.39, 0.29) is 11.8 Å². The van der Waals surface area contributed by atoms with Crippen molar-refractivity contribution in [2.75, 3.05) is 13.1 Å². The number of hydrogen-bond acceptors (Lipinski definition) is 4. The van der Waals surface area contributed by atoms with Gasteiger partial charge in [0, 0.05) is 29.6 Å². The van der Waals surface area contributed by atoms with E-state index in [1.807, 2.05) is 4.90 Å². The molecule has 0 N–H and O–H groups in total. The van der Waals surface area contributed by atoms with Crippen molar-refractivity contribution in [2.24, 2.45) is 0 Å². The van der Waals surface area contributed by atoms with E-state index < -0.39 is 0 Å². The van der Waals surface area contributed by atoms with Crippen molar-refractivity contribution in [1.29, 1.82) is 0 Å². The number of piperidine rings is 1.